The van der Waals surface area contributed by atoms with Crippen molar-refractivity contribution in [3.8, 4) is 0 Å². The molecule has 7 heteroatoms. The van der Waals surface area contributed by atoms with E-state index in [1.807, 2.05) is 6.92 Å². The molecule has 1 amide bonds. The van der Waals surface area contributed by atoms with Crippen molar-refractivity contribution >= 4 is 39.2 Å². The molecule has 1 aliphatic carbocycles. The first kappa shape index (κ1) is 20.1. The molecule has 1 atom stereocenters. The molecule has 146 valence electrons. The highest BCUT2D eigenvalue weighted by atomic mass is 32.2. The molecule has 2 heterocycles. The Labute approximate surface area is 168 Å². The fraction of sp³-hybridized carbons (Fsp3) is 0.550. The van der Waals surface area contributed by atoms with Crippen LogP contribution in [0.15, 0.2) is 22.6 Å². The molecule has 0 saturated heterocycles. The third-order valence-electron chi connectivity index (χ3n) is 5.05. The van der Waals surface area contributed by atoms with Crippen LogP contribution in [0.25, 0.3) is 10.2 Å². The summed E-state index contributed by atoms with van der Waals surface area (Å²) in [6, 6.07) is 0.0504. The number of nitrogens with one attached hydrogen (secondary N) is 1. The number of carbonyl (C=O) groups is 1. The zero-order valence-electron chi connectivity index (χ0n) is 16.0. The molecule has 27 heavy (non-hydrogen) atoms. The van der Waals surface area contributed by atoms with E-state index in [0.717, 1.165) is 35.9 Å². The van der Waals surface area contributed by atoms with E-state index in [1.165, 1.54) is 35.0 Å². The highest BCUT2D eigenvalue weighted by Crippen LogP contribution is 2.34. The quantitative estimate of drug-likeness (QED) is 0.326. The largest absolute Gasteiger partial charge is 0.352 e. The number of thioether (sulfide) groups is 1. The van der Waals surface area contributed by atoms with Crippen LogP contribution in [-0.2, 0) is 17.6 Å². The number of hydrogen-bond donors (Lipinski definition) is 1. The van der Waals surface area contributed by atoms with Crippen LogP contribution in [0, 0.1) is 0 Å². The Kier molecular flexibility index (Phi) is 6.76. The molecular formula is C20H27N3O2S2. The summed E-state index contributed by atoms with van der Waals surface area (Å²) < 4.78 is 1.80. The Morgan fingerprint density at radius 2 is 2.19 bits per heavy atom. The van der Waals surface area contributed by atoms with Gasteiger partial charge in [-0.05, 0) is 44.6 Å². The Morgan fingerprint density at radius 1 is 1.41 bits per heavy atom. The first-order valence-electron chi connectivity index (χ1n) is 9.64. The Bertz CT molecular complexity index is 901. The molecule has 0 saturated carbocycles. The van der Waals surface area contributed by atoms with Crippen LogP contribution in [-0.4, -0.2) is 27.8 Å². The van der Waals surface area contributed by atoms with E-state index < -0.39 is 0 Å². The molecule has 1 N–H and O–H groups in total. The Balaban J connectivity index is 2.03. The van der Waals surface area contributed by atoms with E-state index in [4.69, 9.17) is 4.98 Å². The molecule has 0 bridgehead atoms. The average molecular weight is 406 g/mol. The van der Waals surface area contributed by atoms with Gasteiger partial charge in [0.2, 0.25) is 5.91 Å². The molecule has 0 aliphatic heterocycles. The summed E-state index contributed by atoms with van der Waals surface area (Å²) in [5.41, 5.74) is 1.28. The number of rotatable bonds is 7. The lowest BCUT2D eigenvalue weighted by atomic mass is 10.1. The number of carbonyl (C=O) groups excluding carboxylic acids is 1. The Hall–Kier alpha value is -1.60. The van der Waals surface area contributed by atoms with Crippen LogP contribution >= 0.6 is 23.1 Å². The third-order valence-corrected chi connectivity index (χ3v) is 7.18. The summed E-state index contributed by atoms with van der Waals surface area (Å²) in [6.45, 7) is 8.17. The van der Waals surface area contributed by atoms with Gasteiger partial charge in [-0.2, -0.15) is 0 Å². The van der Waals surface area contributed by atoms with Crippen molar-refractivity contribution in [2.24, 2.45) is 0 Å². The molecule has 1 unspecified atom stereocenters. The highest BCUT2D eigenvalue weighted by Gasteiger charge is 2.23. The SMILES string of the molecule is C=CCNC(=O)CSc1nc2sc3c(c2c(=O)n1C(C)CC)CCCCC3. The van der Waals surface area contributed by atoms with Gasteiger partial charge < -0.3 is 5.32 Å². The monoisotopic (exact) mass is 405 g/mol. The van der Waals surface area contributed by atoms with Crippen molar-refractivity contribution in [2.45, 2.75) is 63.6 Å². The van der Waals surface area contributed by atoms with Crippen LogP contribution < -0.4 is 10.9 Å². The number of aryl methyl sites for hydroxylation is 2. The molecule has 0 radical (unpaired) electrons. The van der Waals surface area contributed by atoms with Gasteiger partial charge in [-0.25, -0.2) is 4.98 Å². The van der Waals surface area contributed by atoms with Crippen LogP contribution in [0.2, 0.25) is 0 Å². The van der Waals surface area contributed by atoms with Gasteiger partial charge in [0.1, 0.15) is 4.83 Å². The number of aromatic nitrogens is 2. The summed E-state index contributed by atoms with van der Waals surface area (Å²) in [6.07, 6.45) is 8.07. The lowest BCUT2D eigenvalue weighted by Crippen LogP contribution is -2.28. The van der Waals surface area contributed by atoms with Crippen molar-refractivity contribution in [3.05, 3.63) is 33.4 Å². The molecular weight excluding hydrogens is 378 g/mol. The van der Waals surface area contributed by atoms with E-state index in [0.29, 0.717) is 11.7 Å². The highest BCUT2D eigenvalue weighted by molar-refractivity contribution is 7.99. The zero-order valence-corrected chi connectivity index (χ0v) is 17.7. The van der Waals surface area contributed by atoms with Gasteiger partial charge in [0, 0.05) is 17.5 Å². The van der Waals surface area contributed by atoms with Crippen LogP contribution in [0.4, 0.5) is 0 Å². The summed E-state index contributed by atoms with van der Waals surface area (Å²) in [7, 11) is 0. The fourth-order valence-electron chi connectivity index (χ4n) is 3.42. The maximum Gasteiger partial charge on any atom is 0.263 e. The lowest BCUT2D eigenvalue weighted by molar-refractivity contribution is -0.118. The van der Waals surface area contributed by atoms with Crippen LogP contribution in [0.1, 0.15) is 56.0 Å². The van der Waals surface area contributed by atoms with Crippen molar-refractivity contribution in [3.63, 3.8) is 0 Å². The standard InChI is InChI=1S/C20H27N3O2S2/c1-4-11-21-16(24)12-26-20-22-18-17(19(25)23(20)13(3)5-2)14-9-7-6-8-10-15(14)27-18/h4,13H,1,5-12H2,2-3H3,(H,21,24). The number of thiophene rings is 1. The minimum absolute atomic E-state index is 0.0504. The molecule has 0 spiro atoms. The summed E-state index contributed by atoms with van der Waals surface area (Å²) in [4.78, 5) is 32.4. The number of fused-ring (bicyclic) bond motifs is 3. The second-order valence-corrected chi connectivity index (χ2v) is 8.98. The molecule has 1 aliphatic rings. The second kappa shape index (κ2) is 9.06. The lowest BCUT2D eigenvalue weighted by Gasteiger charge is -2.17. The molecule has 5 nitrogen and oxygen atoms in total. The average Bonchev–Trinajstić information content (AvgIpc) is 2.85. The number of hydrogen-bond acceptors (Lipinski definition) is 5. The van der Waals surface area contributed by atoms with Crippen molar-refractivity contribution < 1.29 is 4.79 Å². The smallest absolute Gasteiger partial charge is 0.263 e. The van der Waals surface area contributed by atoms with Gasteiger partial charge in [-0.15, -0.1) is 17.9 Å². The van der Waals surface area contributed by atoms with Gasteiger partial charge in [0.25, 0.3) is 5.56 Å². The molecule has 2 aromatic rings. The summed E-state index contributed by atoms with van der Waals surface area (Å²) >= 11 is 3.01. The first-order chi connectivity index (χ1) is 13.1. The number of nitrogens with zero attached hydrogens (tertiary/aromatic N) is 2. The number of amides is 1. The topological polar surface area (TPSA) is 64.0 Å². The van der Waals surface area contributed by atoms with E-state index in [9.17, 15) is 9.59 Å². The third kappa shape index (κ3) is 4.29. The van der Waals surface area contributed by atoms with Crippen molar-refractivity contribution in [2.75, 3.05) is 12.3 Å². The van der Waals surface area contributed by atoms with E-state index in [-0.39, 0.29) is 23.3 Å². The van der Waals surface area contributed by atoms with E-state index in [1.54, 1.807) is 22.0 Å². The molecule has 2 aromatic heterocycles. The van der Waals surface area contributed by atoms with Crippen LogP contribution in [0.5, 0.6) is 0 Å². The van der Waals surface area contributed by atoms with Gasteiger partial charge in [-0.1, -0.05) is 31.2 Å². The second-order valence-electron chi connectivity index (χ2n) is 6.95. The van der Waals surface area contributed by atoms with Gasteiger partial charge >= 0.3 is 0 Å². The molecule has 0 aromatic carbocycles. The van der Waals surface area contributed by atoms with E-state index >= 15 is 0 Å². The Morgan fingerprint density at radius 3 is 2.93 bits per heavy atom. The van der Waals surface area contributed by atoms with Gasteiger partial charge in [-0.3, -0.25) is 14.2 Å². The maximum atomic E-state index is 13.4. The minimum Gasteiger partial charge on any atom is -0.352 e. The van der Waals surface area contributed by atoms with Gasteiger partial charge in [0.05, 0.1) is 11.1 Å². The van der Waals surface area contributed by atoms with Gasteiger partial charge in [0.15, 0.2) is 5.16 Å². The first-order valence-corrected chi connectivity index (χ1v) is 11.4. The van der Waals surface area contributed by atoms with Crippen LogP contribution in [0.3, 0.4) is 0 Å². The predicted molar refractivity (Wildman–Crippen MR) is 114 cm³/mol. The summed E-state index contributed by atoms with van der Waals surface area (Å²) in [5, 5.41) is 4.24. The molecule has 0 fully saturated rings. The molecule has 3 rings (SSSR count). The maximum absolute atomic E-state index is 13.4. The summed E-state index contributed by atoms with van der Waals surface area (Å²) in [5.74, 6) is 0.166. The fourth-order valence-corrected chi connectivity index (χ4v) is 5.65. The van der Waals surface area contributed by atoms with Crippen molar-refractivity contribution in [1.82, 2.24) is 14.9 Å². The zero-order chi connectivity index (χ0) is 19.4. The predicted octanol–water partition coefficient (Wildman–Crippen LogP) is 4.09. The van der Waals surface area contributed by atoms with E-state index in [2.05, 4.69) is 18.8 Å². The normalized spacial score (nSPS) is 15.2. The van der Waals surface area contributed by atoms with Crippen molar-refractivity contribution in [1.29, 1.82) is 0 Å². The minimum atomic E-state index is -0.0769.